The van der Waals surface area contributed by atoms with Crippen LogP contribution in [0.25, 0.3) is 10.8 Å². The zero-order valence-electron chi connectivity index (χ0n) is 20.0. The third kappa shape index (κ3) is 6.95. The maximum atomic E-state index is 14.2. The number of fused-ring (bicyclic) bond motifs is 1. The lowest BCUT2D eigenvalue weighted by Gasteiger charge is -2.29. The summed E-state index contributed by atoms with van der Waals surface area (Å²) in [6.07, 6.45) is -9.79. The molecule has 0 radical (unpaired) electrons. The molecule has 4 N–H and O–H groups in total. The van der Waals surface area contributed by atoms with Crippen LogP contribution in [0.4, 0.5) is 26.3 Å². The standard InChI is InChI=1S/C21H12Cl2F3NO3.C4H7F3N2O/c22-12-7-11(8-13(23)9-12)20(21(24,25)26)10-18(27-30-20)16-5-6-17(19(28)29)15-4-2-1-3-14(15)16;5-4(6,7)2-9-3(10)1-8/h1-9H,10H2,(H,28,29);1-2,8H2,(H,9,10). The maximum absolute atomic E-state index is 14.2. The van der Waals surface area contributed by atoms with Crippen LogP contribution >= 0.6 is 23.2 Å². The fourth-order valence-corrected chi connectivity index (χ4v) is 4.37. The van der Waals surface area contributed by atoms with Gasteiger partial charge in [-0.05, 0) is 35.0 Å². The molecule has 1 heterocycles. The molecule has 0 saturated heterocycles. The van der Waals surface area contributed by atoms with Gasteiger partial charge in [-0.1, -0.05) is 58.7 Å². The van der Waals surface area contributed by atoms with Crippen LogP contribution in [0.15, 0.2) is 59.8 Å². The largest absolute Gasteiger partial charge is 0.478 e. The number of halogens is 8. The number of hydrogen-bond acceptors (Lipinski definition) is 5. The molecular weight excluding hydrogens is 591 g/mol. The lowest BCUT2D eigenvalue weighted by Crippen LogP contribution is -2.42. The summed E-state index contributed by atoms with van der Waals surface area (Å²) >= 11 is 11.8. The first-order valence-corrected chi connectivity index (χ1v) is 11.9. The molecule has 0 aliphatic carbocycles. The highest BCUT2D eigenvalue weighted by atomic mass is 35.5. The Balaban J connectivity index is 0.000000378. The molecule has 1 amide bonds. The van der Waals surface area contributed by atoms with Crippen LogP contribution in [0.2, 0.25) is 10.0 Å². The molecule has 0 bridgehead atoms. The number of hydrogen-bond donors (Lipinski definition) is 3. The van der Waals surface area contributed by atoms with Crippen molar-refractivity contribution in [2.75, 3.05) is 13.1 Å². The summed E-state index contributed by atoms with van der Waals surface area (Å²) in [6, 6.07) is 12.9. The first kappa shape index (κ1) is 31.0. The summed E-state index contributed by atoms with van der Waals surface area (Å²) < 4.78 is 76.4. The molecule has 0 spiro atoms. The minimum Gasteiger partial charge on any atom is -0.478 e. The molecule has 4 rings (SSSR count). The van der Waals surface area contributed by atoms with Crippen LogP contribution in [-0.4, -0.2) is 48.1 Å². The third-order valence-electron chi connectivity index (χ3n) is 5.65. The van der Waals surface area contributed by atoms with Gasteiger partial charge < -0.3 is 21.0 Å². The number of nitrogens with two attached hydrogens (primary N) is 1. The monoisotopic (exact) mass is 609 g/mol. The van der Waals surface area contributed by atoms with Gasteiger partial charge in [-0.25, -0.2) is 4.79 Å². The summed E-state index contributed by atoms with van der Waals surface area (Å²) in [6.45, 7) is -1.74. The van der Waals surface area contributed by atoms with Crippen molar-refractivity contribution < 1.29 is 45.9 Å². The molecule has 214 valence electrons. The predicted octanol–water partition coefficient (Wildman–Crippen LogP) is 6.05. The summed E-state index contributed by atoms with van der Waals surface area (Å²) in [7, 11) is 0. The fraction of sp³-hybridized carbons (Fsp3) is 0.240. The Morgan fingerprint density at radius 2 is 1.60 bits per heavy atom. The summed E-state index contributed by atoms with van der Waals surface area (Å²) in [4.78, 5) is 26.6. The molecule has 7 nitrogen and oxygen atoms in total. The molecule has 1 unspecified atom stereocenters. The minimum absolute atomic E-state index is 0.0365. The number of nitrogens with one attached hydrogen (secondary N) is 1. The number of carbonyl (C=O) groups is 2. The lowest BCUT2D eigenvalue weighted by atomic mass is 9.85. The zero-order valence-corrected chi connectivity index (χ0v) is 21.5. The van der Waals surface area contributed by atoms with E-state index < -0.39 is 49.3 Å². The van der Waals surface area contributed by atoms with Gasteiger partial charge in [0.1, 0.15) is 6.54 Å². The second-order valence-electron chi connectivity index (χ2n) is 8.40. The van der Waals surface area contributed by atoms with E-state index in [2.05, 4.69) is 5.16 Å². The second kappa shape index (κ2) is 11.9. The average molecular weight is 610 g/mol. The van der Waals surface area contributed by atoms with E-state index in [1.165, 1.54) is 18.2 Å². The molecule has 15 heteroatoms. The van der Waals surface area contributed by atoms with Crippen molar-refractivity contribution in [3.05, 3.63) is 81.3 Å². The number of nitrogens with zero attached hydrogens (tertiary/aromatic N) is 1. The van der Waals surface area contributed by atoms with Gasteiger partial charge in [0.05, 0.1) is 17.8 Å². The Labute approximate surface area is 232 Å². The van der Waals surface area contributed by atoms with Gasteiger partial charge in [0, 0.05) is 27.6 Å². The Hall–Kier alpha value is -3.55. The Bertz CT molecular complexity index is 1440. The Kier molecular flexibility index (Phi) is 9.22. The van der Waals surface area contributed by atoms with Crippen molar-refractivity contribution in [2.45, 2.75) is 24.4 Å². The van der Waals surface area contributed by atoms with Gasteiger partial charge in [0.15, 0.2) is 0 Å². The minimum atomic E-state index is -4.82. The zero-order chi connectivity index (χ0) is 29.9. The molecule has 0 aromatic heterocycles. The van der Waals surface area contributed by atoms with Gasteiger partial charge in [-0.3, -0.25) is 4.79 Å². The van der Waals surface area contributed by atoms with Crippen LogP contribution in [0, 0.1) is 0 Å². The number of oxime groups is 1. The van der Waals surface area contributed by atoms with Crippen molar-refractivity contribution in [3.8, 4) is 0 Å². The number of carboxylic acids is 1. The topological polar surface area (TPSA) is 114 Å². The van der Waals surface area contributed by atoms with Crippen molar-refractivity contribution in [1.82, 2.24) is 5.32 Å². The van der Waals surface area contributed by atoms with Crippen LogP contribution in [-0.2, 0) is 15.2 Å². The molecule has 40 heavy (non-hydrogen) atoms. The number of aromatic carboxylic acids is 1. The first-order chi connectivity index (χ1) is 18.6. The number of rotatable bonds is 5. The summed E-state index contributed by atoms with van der Waals surface area (Å²) in [5.41, 5.74) is 2.13. The molecule has 1 aliphatic heterocycles. The molecule has 0 fully saturated rings. The van der Waals surface area contributed by atoms with Gasteiger partial charge >= 0.3 is 18.3 Å². The van der Waals surface area contributed by atoms with Crippen LogP contribution in [0.5, 0.6) is 0 Å². The molecule has 3 aromatic rings. The molecular formula is C25H19Cl2F6N3O4. The summed E-state index contributed by atoms with van der Waals surface area (Å²) in [5, 5.41) is 15.7. The van der Waals surface area contributed by atoms with Crippen LogP contribution < -0.4 is 11.1 Å². The SMILES string of the molecule is NCC(=O)NCC(F)(F)F.O=C(O)c1ccc(C2=NOC(c3cc(Cl)cc(Cl)c3)(C(F)(F)F)C2)c2ccccc12. The van der Waals surface area contributed by atoms with E-state index in [-0.39, 0.29) is 26.9 Å². The maximum Gasteiger partial charge on any atom is 0.435 e. The lowest BCUT2D eigenvalue weighted by molar-refractivity contribution is -0.275. The first-order valence-electron chi connectivity index (χ1n) is 11.2. The van der Waals surface area contributed by atoms with E-state index in [4.69, 9.17) is 33.8 Å². The van der Waals surface area contributed by atoms with Crippen molar-refractivity contribution >= 4 is 51.6 Å². The summed E-state index contributed by atoms with van der Waals surface area (Å²) in [5.74, 6) is -1.95. The van der Waals surface area contributed by atoms with Crippen molar-refractivity contribution in [2.24, 2.45) is 10.9 Å². The molecule has 1 atom stereocenters. The quantitative estimate of drug-likeness (QED) is 0.305. The second-order valence-corrected chi connectivity index (χ2v) is 9.27. The number of amides is 1. The smallest absolute Gasteiger partial charge is 0.435 e. The van der Waals surface area contributed by atoms with Crippen molar-refractivity contribution in [1.29, 1.82) is 0 Å². The molecule has 0 saturated carbocycles. The number of benzene rings is 3. The third-order valence-corrected chi connectivity index (χ3v) is 6.09. The fourth-order valence-electron chi connectivity index (χ4n) is 3.84. The van der Waals surface area contributed by atoms with Gasteiger partial charge in [0.25, 0.3) is 5.60 Å². The number of carboxylic acid groups (broad SMARTS) is 1. The van der Waals surface area contributed by atoms with Gasteiger partial charge in [0.2, 0.25) is 5.91 Å². The molecule has 3 aromatic carbocycles. The van der Waals surface area contributed by atoms with Crippen LogP contribution in [0.1, 0.15) is 27.9 Å². The van der Waals surface area contributed by atoms with Crippen molar-refractivity contribution in [3.63, 3.8) is 0 Å². The Morgan fingerprint density at radius 1 is 1.00 bits per heavy atom. The van der Waals surface area contributed by atoms with E-state index in [9.17, 15) is 41.0 Å². The highest BCUT2D eigenvalue weighted by Crippen LogP contribution is 2.50. The average Bonchev–Trinajstić information content (AvgIpc) is 3.33. The Morgan fingerprint density at radius 3 is 2.12 bits per heavy atom. The number of carbonyl (C=O) groups excluding carboxylic acids is 1. The highest BCUT2D eigenvalue weighted by molar-refractivity contribution is 6.34. The van der Waals surface area contributed by atoms with E-state index in [0.29, 0.717) is 16.3 Å². The predicted molar refractivity (Wildman–Crippen MR) is 135 cm³/mol. The van der Waals surface area contributed by atoms with E-state index in [0.717, 1.165) is 12.1 Å². The van der Waals surface area contributed by atoms with Gasteiger partial charge in [-0.2, -0.15) is 26.3 Å². The van der Waals surface area contributed by atoms with E-state index in [1.807, 2.05) is 0 Å². The van der Waals surface area contributed by atoms with Crippen LogP contribution in [0.3, 0.4) is 0 Å². The van der Waals surface area contributed by atoms with E-state index in [1.54, 1.807) is 29.6 Å². The highest BCUT2D eigenvalue weighted by Gasteiger charge is 2.62. The molecule has 1 aliphatic rings. The van der Waals surface area contributed by atoms with Gasteiger partial charge in [-0.15, -0.1) is 0 Å². The number of alkyl halides is 6. The normalized spacial score (nSPS) is 17.0. The van der Waals surface area contributed by atoms with E-state index >= 15 is 0 Å².